The van der Waals surface area contributed by atoms with Gasteiger partial charge in [0.2, 0.25) is 5.95 Å². The van der Waals surface area contributed by atoms with Crippen LogP contribution in [0, 0.1) is 0 Å². The minimum atomic E-state index is 0.287. The first-order valence-electron chi connectivity index (χ1n) is 2.79. The van der Waals surface area contributed by atoms with Crippen LogP contribution in [-0.2, 0) is 0 Å². The van der Waals surface area contributed by atoms with Crippen molar-refractivity contribution in [3.05, 3.63) is 19.0 Å². The Morgan fingerprint density at radius 3 is 2.36 bits per heavy atom. The lowest BCUT2D eigenvalue weighted by Crippen LogP contribution is -1.84. The molecule has 2 rings (SSSR count). The molecule has 0 bridgehead atoms. The second kappa shape index (κ2) is 3.99. The number of nitrogen functional groups attached to an aromatic ring is 1. The Hall–Kier alpha value is -1.92. The first-order valence-corrected chi connectivity index (χ1v) is 2.79. The van der Waals surface area contributed by atoms with Crippen LogP contribution in [0.25, 0.3) is 0 Å². The van der Waals surface area contributed by atoms with Gasteiger partial charge in [-0.15, -0.1) is 5.10 Å². The van der Waals surface area contributed by atoms with E-state index in [1.54, 1.807) is 0 Å². The van der Waals surface area contributed by atoms with Crippen LogP contribution in [0.15, 0.2) is 19.0 Å². The van der Waals surface area contributed by atoms with Gasteiger partial charge < -0.3 is 5.73 Å². The number of nitrogens with zero attached hydrogens (tertiary/aromatic N) is 4. The lowest BCUT2D eigenvalue weighted by Gasteiger charge is -1.65. The van der Waals surface area contributed by atoms with Crippen molar-refractivity contribution >= 4 is 5.95 Å². The molecule has 0 aliphatic heterocycles. The molecule has 11 heavy (non-hydrogen) atoms. The van der Waals surface area contributed by atoms with Gasteiger partial charge in [-0.3, -0.25) is 10.2 Å². The van der Waals surface area contributed by atoms with E-state index in [9.17, 15) is 0 Å². The van der Waals surface area contributed by atoms with E-state index >= 15 is 0 Å². The predicted octanol–water partition coefficient (Wildman–Crippen LogP) is -0.808. The molecule has 7 heteroatoms. The van der Waals surface area contributed by atoms with E-state index in [0.29, 0.717) is 0 Å². The summed E-state index contributed by atoms with van der Waals surface area (Å²) in [5.41, 5.74) is 5.02. The molecule has 0 aliphatic rings. The highest BCUT2D eigenvalue weighted by atomic mass is 15.2. The van der Waals surface area contributed by atoms with Gasteiger partial charge in [-0.1, -0.05) is 0 Å². The zero-order valence-corrected chi connectivity index (χ0v) is 5.60. The number of nitrogens with one attached hydrogen (secondary N) is 2. The van der Waals surface area contributed by atoms with Crippen LogP contribution in [-0.4, -0.2) is 30.4 Å². The van der Waals surface area contributed by atoms with E-state index in [0.717, 1.165) is 0 Å². The van der Waals surface area contributed by atoms with Crippen LogP contribution in [0.4, 0.5) is 5.95 Å². The lowest BCUT2D eigenvalue weighted by molar-refractivity contribution is 1.09. The highest BCUT2D eigenvalue weighted by molar-refractivity contribution is 5.07. The van der Waals surface area contributed by atoms with Gasteiger partial charge in [0.05, 0.1) is 0 Å². The summed E-state index contributed by atoms with van der Waals surface area (Å²) >= 11 is 0. The number of hydrogen-bond donors (Lipinski definition) is 3. The molecule has 0 fully saturated rings. The van der Waals surface area contributed by atoms with Crippen LogP contribution in [0.1, 0.15) is 0 Å². The Morgan fingerprint density at radius 1 is 1.27 bits per heavy atom. The molecule has 7 nitrogen and oxygen atoms in total. The van der Waals surface area contributed by atoms with Crippen molar-refractivity contribution in [3.63, 3.8) is 0 Å². The molecule has 0 aliphatic carbocycles. The van der Waals surface area contributed by atoms with Crippen LogP contribution < -0.4 is 5.73 Å². The number of aromatic amines is 2. The summed E-state index contributed by atoms with van der Waals surface area (Å²) in [5.74, 6) is 0.287. The third-order valence-corrected chi connectivity index (χ3v) is 0.765. The number of rotatable bonds is 0. The van der Waals surface area contributed by atoms with Crippen LogP contribution >= 0.6 is 0 Å². The third kappa shape index (κ3) is 2.94. The molecule has 0 saturated carbocycles. The number of aromatic nitrogens is 6. The second-order valence-electron chi connectivity index (χ2n) is 1.51. The fourth-order valence-electron chi connectivity index (χ4n) is 0.386. The fraction of sp³-hybridized carbons (Fsp3) is 0. The van der Waals surface area contributed by atoms with Crippen LogP contribution in [0.2, 0.25) is 0 Å². The highest BCUT2D eigenvalue weighted by Gasteiger charge is 1.76. The highest BCUT2D eigenvalue weighted by Crippen LogP contribution is 1.76. The first kappa shape index (κ1) is 7.19. The normalized spacial score (nSPS) is 8.36. The van der Waals surface area contributed by atoms with Gasteiger partial charge in [-0.25, -0.2) is 9.97 Å². The summed E-state index contributed by atoms with van der Waals surface area (Å²) in [6.45, 7) is 0. The number of anilines is 1. The minimum absolute atomic E-state index is 0.287. The summed E-state index contributed by atoms with van der Waals surface area (Å²) in [5, 5.41) is 11.9. The van der Waals surface area contributed by atoms with E-state index in [-0.39, 0.29) is 5.95 Å². The van der Waals surface area contributed by atoms with Crippen molar-refractivity contribution in [1.29, 1.82) is 0 Å². The van der Waals surface area contributed by atoms with Crippen molar-refractivity contribution in [3.8, 4) is 0 Å². The van der Waals surface area contributed by atoms with E-state index < -0.39 is 0 Å². The zero-order chi connectivity index (χ0) is 7.94. The molecule has 0 radical (unpaired) electrons. The smallest absolute Gasteiger partial charge is 0.239 e. The molecule has 0 aromatic carbocycles. The van der Waals surface area contributed by atoms with Crippen molar-refractivity contribution < 1.29 is 0 Å². The molecular formula is C4H7N7. The van der Waals surface area contributed by atoms with Crippen LogP contribution in [0.5, 0.6) is 0 Å². The third-order valence-electron chi connectivity index (χ3n) is 0.765. The van der Waals surface area contributed by atoms with Gasteiger partial charge in [0, 0.05) is 0 Å². The van der Waals surface area contributed by atoms with Gasteiger partial charge in [-0.2, -0.15) is 5.10 Å². The van der Waals surface area contributed by atoms with Gasteiger partial charge in [0.25, 0.3) is 0 Å². The molecule has 0 unspecified atom stereocenters. The Morgan fingerprint density at radius 2 is 2.18 bits per heavy atom. The predicted molar refractivity (Wildman–Crippen MR) is 37.2 cm³/mol. The van der Waals surface area contributed by atoms with Gasteiger partial charge in [0.15, 0.2) is 0 Å². The second-order valence-corrected chi connectivity index (χ2v) is 1.51. The quantitative estimate of drug-likeness (QED) is 0.458. The Kier molecular flexibility index (Phi) is 2.61. The van der Waals surface area contributed by atoms with E-state index in [4.69, 9.17) is 5.73 Å². The SMILES string of the molecule is Nc1nc[nH]n1.c1nc[nH]n1. The van der Waals surface area contributed by atoms with E-state index in [1.807, 2.05) is 0 Å². The molecule has 2 aromatic heterocycles. The average molecular weight is 153 g/mol. The zero-order valence-electron chi connectivity index (χ0n) is 5.60. The summed E-state index contributed by atoms with van der Waals surface area (Å²) < 4.78 is 0. The Balaban J connectivity index is 0.000000112. The van der Waals surface area contributed by atoms with Gasteiger partial charge in [-0.05, 0) is 0 Å². The van der Waals surface area contributed by atoms with Crippen molar-refractivity contribution in [2.75, 3.05) is 5.73 Å². The summed E-state index contributed by atoms with van der Waals surface area (Å²) in [7, 11) is 0. The molecule has 58 valence electrons. The topological polar surface area (TPSA) is 109 Å². The molecule has 2 aromatic rings. The maximum atomic E-state index is 5.02. The summed E-state index contributed by atoms with van der Waals surface area (Å²) in [4.78, 5) is 7.08. The summed E-state index contributed by atoms with van der Waals surface area (Å²) in [6, 6.07) is 0. The largest absolute Gasteiger partial charge is 0.367 e. The van der Waals surface area contributed by atoms with Gasteiger partial charge >= 0.3 is 0 Å². The summed E-state index contributed by atoms with van der Waals surface area (Å²) in [6.07, 6.45) is 4.38. The molecule has 2 heterocycles. The Bertz CT molecular complexity index is 229. The molecule has 0 atom stereocenters. The first-order chi connectivity index (χ1) is 5.39. The lowest BCUT2D eigenvalue weighted by atomic mass is 11.1. The number of hydrogen-bond acceptors (Lipinski definition) is 5. The Labute approximate surface area is 62.1 Å². The minimum Gasteiger partial charge on any atom is -0.367 e. The molecular weight excluding hydrogens is 146 g/mol. The maximum absolute atomic E-state index is 5.02. The maximum Gasteiger partial charge on any atom is 0.239 e. The molecule has 4 N–H and O–H groups in total. The van der Waals surface area contributed by atoms with Crippen molar-refractivity contribution in [2.24, 2.45) is 0 Å². The average Bonchev–Trinajstić information content (AvgIpc) is 2.57. The molecule has 0 amide bonds. The monoisotopic (exact) mass is 153 g/mol. The molecule has 0 saturated heterocycles. The van der Waals surface area contributed by atoms with Gasteiger partial charge in [0.1, 0.15) is 19.0 Å². The molecule has 0 spiro atoms. The van der Waals surface area contributed by atoms with Crippen molar-refractivity contribution in [2.45, 2.75) is 0 Å². The standard InChI is InChI=1S/C2H4N4.C2H3N3/c3-2-4-1-5-6-2;1-3-2-5-4-1/h1H,(H3,3,4,5,6);1-2H,(H,3,4,5). The van der Waals surface area contributed by atoms with E-state index in [2.05, 4.69) is 30.4 Å². The van der Waals surface area contributed by atoms with E-state index in [1.165, 1.54) is 19.0 Å². The number of nitrogens with two attached hydrogens (primary N) is 1. The number of H-pyrrole nitrogens is 2. The van der Waals surface area contributed by atoms with Crippen LogP contribution in [0.3, 0.4) is 0 Å². The van der Waals surface area contributed by atoms with Crippen molar-refractivity contribution in [1.82, 2.24) is 30.4 Å². The fourth-order valence-corrected chi connectivity index (χ4v) is 0.386.